The molecule has 1 heterocycles. The van der Waals surface area contributed by atoms with Crippen molar-refractivity contribution >= 4 is 11.0 Å². The summed E-state index contributed by atoms with van der Waals surface area (Å²) in [5, 5.41) is 3.51. The molecule has 1 unspecified atom stereocenters. The maximum Gasteiger partial charge on any atom is 0.106 e. The van der Waals surface area contributed by atoms with Crippen LogP contribution in [0.25, 0.3) is 11.0 Å². The van der Waals surface area contributed by atoms with Crippen LogP contribution in [0.4, 0.5) is 0 Å². The third kappa shape index (κ3) is 2.50. The van der Waals surface area contributed by atoms with E-state index in [9.17, 15) is 0 Å². The smallest absolute Gasteiger partial charge is 0.106 e. The second kappa shape index (κ2) is 5.32. The van der Waals surface area contributed by atoms with Crippen molar-refractivity contribution in [2.24, 2.45) is 0 Å². The molecule has 0 bridgehead atoms. The van der Waals surface area contributed by atoms with Crippen molar-refractivity contribution in [2.45, 2.75) is 39.8 Å². The number of nitrogens with one attached hydrogen (secondary N) is 1. The molecule has 3 nitrogen and oxygen atoms in total. The number of aromatic nitrogens is 2. The molecule has 17 heavy (non-hydrogen) atoms. The fourth-order valence-corrected chi connectivity index (χ4v) is 2.27. The highest BCUT2D eigenvalue weighted by Gasteiger charge is 2.11. The molecule has 0 aliphatic heterocycles. The first-order valence-electron chi connectivity index (χ1n) is 6.41. The molecule has 2 rings (SSSR count). The van der Waals surface area contributed by atoms with Crippen molar-refractivity contribution in [1.29, 1.82) is 0 Å². The van der Waals surface area contributed by atoms with Crippen LogP contribution in [-0.2, 0) is 6.54 Å². The van der Waals surface area contributed by atoms with Gasteiger partial charge in [-0.05, 0) is 32.0 Å². The predicted molar refractivity (Wildman–Crippen MR) is 72.2 cm³/mol. The highest BCUT2D eigenvalue weighted by molar-refractivity contribution is 5.75. The molecule has 1 N–H and O–H groups in total. The molecule has 0 spiro atoms. The first kappa shape index (κ1) is 12.1. The van der Waals surface area contributed by atoms with Gasteiger partial charge in [-0.3, -0.25) is 0 Å². The molecular weight excluding hydrogens is 210 g/mol. The lowest BCUT2D eigenvalue weighted by Crippen LogP contribution is -2.32. The van der Waals surface area contributed by atoms with Crippen LogP contribution in [0, 0.1) is 6.92 Å². The number of hydrogen-bond donors (Lipinski definition) is 1. The number of aryl methyl sites for hydroxylation is 1. The van der Waals surface area contributed by atoms with E-state index >= 15 is 0 Å². The summed E-state index contributed by atoms with van der Waals surface area (Å²) in [6, 6.07) is 8.87. The number of fused-ring (bicyclic) bond motifs is 1. The Labute approximate surface area is 103 Å². The number of benzene rings is 1. The van der Waals surface area contributed by atoms with E-state index in [4.69, 9.17) is 0 Å². The van der Waals surface area contributed by atoms with Crippen LogP contribution in [-0.4, -0.2) is 22.1 Å². The van der Waals surface area contributed by atoms with Crippen LogP contribution in [0.1, 0.15) is 26.1 Å². The summed E-state index contributed by atoms with van der Waals surface area (Å²) in [6.45, 7) is 8.48. The van der Waals surface area contributed by atoms with Gasteiger partial charge in [-0.15, -0.1) is 0 Å². The molecule has 92 valence electrons. The van der Waals surface area contributed by atoms with E-state index in [1.807, 2.05) is 6.07 Å². The van der Waals surface area contributed by atoms with Crippen LogP contribution in [0.5, 0.6) is 0 Å². The summed E-state index contributed by atoms with van der Waals surface area (Å²) in [5.74, 6) is 1.10. The molecule has 0 saturated carbocycles. The number of rotatable bonds is 5. The Kier molecular flexibility index (Phi) is 3.79. The molecule has 1 aromatic carbocycles. The van der Waals surface area contributed by atoms with Crippen LogP contribution in [0.2, 0.25) is 0 Å². The lowest BCUT2D eigenvalue weighted by atomic mass is 10.2. The van der Waals surface area contributed by atoms with E-state index in [0.29, 0.717) is 6.04 Å². The highest BCUT2D eigenvalue weighted by atomic mass is 15.1. The zero-order chi connectivity index (χ0) is 12.3. The fraction of sp³-hybridized carbons (Fsp3) is 0.500. The van der Waals surface area contributed by atoms with E-state index < -0.39 is 0 Å². The predicted octanol–water partition coefficient (Wildman–Crippen LogP) is 2.73. The van der Waals surface area contributed by atoms with Crippen molar-refractivity contribution in [1.82, 2.24) is 14.9 Å². The zero-order valence-corrected chi connectivity index (χ0v) is 10.9. The Bertz CT molecular complexity index is 487. The number of nitrogens with zero attached hydrogens (tertiary/aromatic N) is 2. The third-order valence-corrected chi connectivity index (χ3v) is 3.23. The van der Waals surface area contributed by atoms with Crippen molar-refractivity contribution in [2.75, 3.05) is 6.54 Å². The lowest BCUT2D eigenvalue weighted by molar-refractivity contribution is 0.448. The largest absolute Gasteiger partial charge is 0.327 e. The Balaban J connectivity index is 2.31. The van der Waals surface area contributed by atoms with E-state index in [-0.39, 0.29) is 0 Å². The van der Waals surface area contributed by atoms with E-state index in [2.05, 4.69) is 53.8 Å². The Hall–Kier alpha value is -1.35. The fourth-order valence-electron chi connectivity index (χ4n) is 2.27. The van der Waals surface area contributed by atoms with Gasteiger partial charge in [-0.25, -0.2) is 4.98 Å². The molecule has 1 atom stereocenters. The maximum absolute atomic E-state index is 4.60. The van der Waals surface area contributed by atoms with Gasteiger partial charge in [-0.1, -0.05) is 26.0 Å². The van der Waals surface area contributed by atoms with Gasteiger partial charge in [0.25, 0.3) is 0 Å². The second-order valence-corrected chi connectivity index (χ2v) is 4.42. The molecule has 0 aliphatic carbocycles. The summed E-state index contributed by atoms with van der Waals surface area (Å²) in [5.41, 5.74) is 2.33. The standard InChI is InChI=1S/C14H21N3/c1-4-12(15-5-2)10-17-11(3)16-13-8-6-7-9-14(13)17/h6-9,12,15H,4-5,10H2,1-3H3. The zero-order valence-electron chi connectivity index (χ0n) is 10.9. The molecule has 1 aromatic heterocycles. The van der Waals surface area contributed by atoms with Gasteiger partial charge in [0, 0.05) is 12.6 Å². The Morgan fingerprint density at radius 2 is 2.06 bits per heavy atom. The van der Waals surface area contributed by atoms with Gasteiger partial charge in [0.15, 0.2) is 0 Å². The van der Waals surface area contributed by atoms with Gasteiger partial charge in [-0.2, -0.15) is 0 Å². The molecule has 0 saturated heterocycles. The van der Waals surface area contributed by atoms with Crippen LogP contribution < -0.4 is 5.32 Å². The minimum Gasteiger partial charge on any atom is -0.327 e. The molecule has 3 heteroatoms. The lowest BCUT2D eigenvalue weighted by Gasteiger charge is -2.18. The van der Waals surface area contributed by atoms with E-state index in [1.165, 1.54) is 5.52 Å². The Morgan fingerprint density at radius 1 is 1.29 bits per heavy atom. The van der Waals surface area contributed by atoms with Gasteiger partial charge in [0.2, 0.25) is 0 Å². The summed E-state index contributed by atoms with van der Waals surface area (Å²) in [4.78, 5) is 4.60. The molecule has 0 radical (unpaired) electrons. The quantitative estimate of drug-likeness (QED) is 0.857. The molecule has 2 aromatic rings. The average molecular weight is 231 g/mol. The molecule has 0 aliphatic rings. The van der Waals surface area contributed by atoms with Gasteiger partial charge in [0.05, 0.1) is 11.0 Å². The first-order valence-corrected chi connectivity index (χ1v) is 6.41. The summed E-state index contributed by atoms with van der Waals surface area (Å²) >= 11 is 0. The van der Waals surface area contributed by atoms with E-state index in [1.54, 1.807) is 0 Å². The van der Waals surface area contributed by atoms with Crippen molar-refractivity contribution in [3.63, 3.8) is 0 Å². The highest BCUT2D eigenvalue weighted by Crippen LogP contribution is 2.16. The minimum absolute atomic E-state index is 0.524. The summed E-state index contributed by atoms with van der Waals surface area (Å²) in [6.07, 6.45) is 1.14. The van der Waals surface area contributed by atoms with Crippen LogP contribution in [0.15, 0.2) is 24.3 Å². The van der Waals surface area contributed by atoms with Gasteiger partial charge in [0.1, 0.15) is 5.82 Å². The Morgan fingerprint density at radius 3 is 2.76 bits per heavy atom. The van der Waals surface area contributed by atoms with Crippen molar-refractivity contribution in [3.8, 4) is 0 Å². The number of likely N-dealkylation sites (N-methyl/N-ethyl adjacent to an activating group) is 1. The maximum atomic E-state index is 4.60. The molecular formula is C14H21N3. The minimum atomic E-state index is 0.524. The topological polar surface area (TPSA) is 29.9 Å². The molecule has 0 fully saturated rings. The van der Waals surface area contributed by atoms with Crippen LogP contribution >= 0.6 is 0 Å². The number of para-hydroxylation sites is 2. The van der Waals surface area contributed by atoms with Gasteiger partial charge < -0.3 is 9.88 Å². The van der Waals surface area contributed by atoms with Gasteiger partial charge >= 0.3 is 0 Å². The third-order valence-electron chi connectivity index (χ3n) is 3.23. The summed E-state index contributed by atoms with van der Waals surface area (Å²) in [7, 11) is 0. The summed E-state index contributed by atoms with van der Waals surface area (Å²) < 4.78 is 2.31. The number of imidazole rings is 1. The van der Waals surface area contributed by atoms with E-state index in [0.717, 1.165) is 30.9 Å². The average Bonchev–Trinajstić information content (AvgIpc) is 2.65. The van der Waals surface area contributed by atoms with Crippen LogP contribution in [0.3, 0.4) is 0 Å². The normalized spacial score (nSPS) is 13.1. The monoisotopic (exact) mass is 231 g/mol. The molecule has 0 amide bonds. The first-order chi connectivity index (χ1) is 8.26. The van der Waals surface area contributed by atoms with Crippen molar-refractivity contribution < 1.29 is 0 Å². The second-order valence-electron chi connectivity index (χ2n) is 4.42. The number of hydrogen-bond acceptors (Lipinski definition) is 2. The van der Waals surface area contributed by atoms with Crippen molar-refractivity contribution in [3.05, 3.63) is 30.1 Å². The SMILES string of the molecule is CCNC(CC)Cn1c(C)nc2ccccc21.